The normalized spacial score (nSPS) is 11.6. The molecular formula is C20H19ClN6OS. The summed E-state index contributed by atoms with van der Waals surface area (Å²) >= 11 is 7.45. The third-order valence-electron chi connectivity index (χ3n) is 4.12. The van der Waals surface area contributed by atoms with Gasteiger partial charge in [0.05, 0.1) is 11.8 Å². The predicted molar refractivity (Wildman–Crippen MR) is 114 cm³/mol. The maximum Gasteiger partial charge on any atom is 0.251 e. The van der Waals surface area contributed by atoms with Gasteiger partial charge in [-0.2, -0.15) is 10.1 Å². The van der Waals surface area contributed by atoms with E-state index in [4.69, 9.17) is 16.9 Å². The zero-order valence-electron chi connectivity index (χ0n) is 15.7. The zero-order chi connectivity index (χ0) is 20.6. The minimum Gasteiger partial charge on any atom is -0.323 e. The Morgan fingerprint density at radius 2 is 2.03 bits per heavy atom. The number of tetrazole rings is 1. The fourth-order valence-corrected chi connectivity index (χ4v) is 3.63. The third-order valence-corrected chi connectivity index (χ3v) is 5.44. The van der Waals surface area contributed by atoms with Crippen LogP contribution in [0.3, 0.4) is 0 Å². The summed E-state index contributed by atoms with van der Waals surface area (Å²) in [5, 5.41) is 24.8. The number of rotatable bonds is 8. The fourth-order valence-electron chi connectivity index (χ4n) is 2.64. The monoisotopic (exact) mass is 426 g/mol. The van der Waals surface area contributed by atoms with E-state index in [-0.39, 0.29) is 5.91 Å². The number of benzene rings is 2. The number of carbonyl (C=O) groups excluding carboxylic acids is 1. The van der Waals surface area contributed by atoms with Crippen LogP contribution in [0.15, 0.2) is 53.4 Å². The van der Waals surface area contributed by atoms with Crippen LogP contribution >= 0.6 is 23.4 Å². The standard InChI is InChI=1S/C20H19ClN6OS/c1-2-17(27-25-19(24-26-27)14-8-10-15(21)11-9-14)20(28)23-16-6-3-4-7-18(16)29-13-5-12-22/h3-4,6-11,17H,2,5,13H2,1H3,(H,23,28)/t17-/m0/s1. The number of aromatic nitrogens is 4. The topological polar surface area (TPSA) is 96.5 Å². The molecule has 0 fully saturated rings. The van der Waals surface area contributed by atoms with E-state index in [1.165, 1.54) is 16.6 Å². The molecule has 3 aromatic rings. The highest BCUT2D eigenvalue weighted by Gasteiger charge is 2.23. The number of nitriles is 1. The Morgan fingerprint density at radius 3 is 2.76 bits per heavy atom. The van der Waals surface area contributed by atoms with E-state index in [0.29, 0.717) is 35.1 Å². The van der Waals surface area contributed by atoms with Crippen molar-refractivity contribution in [3.8, 4) is 17.5 Å². The molecule has 1 atom stereocenters. The number of nitrogens with zero attached hydrogens (tertiary/aromatic N) is 5. The first-order valence-corrected chi connectivity index (χ1v) is 10.4. The molecule has 148 valence electrons. The summed E-state index contributed by atoms with van der Waals surface area (Å²) in [4.78, 5) is 15.2. The summed E-state index contributed by atoms with van der Waals surface area (Å²) in [6.07, 6.45) is 0.951. The van der Waals surface area contributed by atoms with Crippen molar-refractivity contribution in [2.75, 3.05) is 11.1 Å². The first kappa shape index (κ1) is 20.8. The van der Waals surface area contributed by atoms with Gasteiger partial charge in [0.1, 0.15) is 0 Å². The number of hydrogen-bond donors (Lipinski definition) is 1. The van der Waals surface area contributed by atoms with Crippen LogP contribution in [-0.2, 0) is 4.79 Å². The minimum atomic E-state index is -0.597. The number of anilines is 1. The Bertz CT molecular complexity index is 1010. The van der Waals surface area contributed by atoms with Gasteiger partial charge in [0, 0.05) is 27.7 Å². The second-order valence-corrected chi connectivity index (χ2v) is 7.68. The molecule has 0 aliphatic carbocycles. The van der Waals surface area contributed by atoms with Crippen molar-refractivity contribution in [3.05, 3.63) is 53.6 Å². The highest BCUT2D eigenvalue weighted by molar-refractivity contribution is 7.99. The Balaban J connectivity index is 1.75. The summed E-state index contributed by atoms with van der Waals surface area (Å²) in [5.41, 5.74) is 1.48. The van der Waals surface area contributed by atoms with E-state index in [9.17, 15) is 4.79 Å². The van der Waals surface area contributed by atoms with Crippen molar-refractivity contribution in [1.29, 1.82) is 5.26 Å². The largest absolute Gasteiger partial charge is 0.323 e. The van der Waals surface area contributed by atoms with Gasteiger partial charge in [-0.25, -0.2) is 0 Å². The summed E-state index contributed by atoms with van der Waals surface area (Å²) in [5.74, 6) is 0.872. The SMILES string of the molecule is CC[C@@H](C(=O)Nc1ccccc1SCCC#N)n1nnc(-c2ccc(Cl)cc2)n1. The van der Waals surface area contributed by atoms with E-state index in [1.807, 2.05) is 31.2 Å². The summed E-state index contributed by atoms with van der Waals surface area (Å²) in [6, 6.07) is 16.2. The first-order valence-electron chi connectivity index (χ1n) is 9.07. The molecule has 0 spiro atoms. The van der Waals surface area contributed by atoms with Crippen molar-refractivity contribution in [2.24, 2.45) is 0 Å². The van der Waals surface area contributed by atoms with Gasteiger partial charge in [-0.3, -0.25) is 4.79 Å². The van der Waals surface area contributed by atoms with Crippen LogP contribution < -0.4 is 5.32 Å². The molecule has 0 saturated heterocycles. The summed E-state index contributed by atoms with van der Waals surface area (Å²) < 4.78 is 0. The lowest BCUT2D eigenvalue weighted by molar-refractivity contribution is -0.120. The average Bonchev–Trinajstić information content (AvgIpc) is 3.20. The maximum absolute atomic E-state index is 12.9. The Morgan fingerprint density at radius 1 is 1.28 bits per heavy atom. The Labute approximate surface area is 178 Å². The van der Waals surface area contributed by atoms with Gasteiger partial charge in [0.25, 0.3) is 5.91 Å². The molecule has 0 unspecified atom stereocenters. The third kappa shape index (κ3) is 5.34. The van der Waals surface area contributed by atoms with Crippen LogP contribution in [0.4, 0.5) is 5.69 Å². The number of halogens is 1. The number of carbonyl (C=O) groups is 1. The number of nitrogens with one attached hydrogen (secondary N) is 1. The molecule has 1 aromatic heterocycles. The van der Waals surface area contributed by atoms with Gasteiger partial charge in [0.2, 0.25) is 5.82 Å². The van der Waals surface area contributed by atoms with Crippen LogP contribution in [0.1, 0.15) is 25.8 Å². The summed E-state index contributed by atoms with van der Waals surface area (Å²) in [6.45, 7) is 1.89. The smallest absolute Gasteiger partial charge is 0.251 e. The molecule has 1 amide bonds. The van der Waals surface area contributed by atoms with Crippen molar-refractivity contribution < 1.29 is 4.79 Å². The van der Waals surface area contributed by atoms with Crippen molar-refractivity contribution in [1.82, 2.24) is 20.2 Å². The van der Waals surface area contributed by atoms with Crippen LogP contribution in [0.5, 0.6) is 0 Å². The molecule has 9 heteroatoms. The van der Waals surface area contributed by atoms with E-state index in [1.54, 1.807) is 24.3 Å². The lowest BCUT2D eigenvalue weighted by Gasteiger charge is -2.15. The lowest BCUT2D eigenvalue weighted by Crippen LogP contribution is -2.27. The number of hydrogen-bond acceptors (Lipinski definition) is 6. The Hall–Kier alpha value is -2.89. The number of amides is 1. The quantitative estimate of drug-likeness (QED) is 0.418. The molecule has 0 aliphatic rings. The van der Waals surface area contributed by atoms with E-state index >= 15 is 0 Å². The molecule has 1 N–H and O–H groups in total. The molecule has 1 heterocycles. The van der Waals surface area contributed by atoms with E-state index in [2.05, 4.69) is 26.8 Å². The average molecular weight is 427 g/mol. The fraction of sp³-hybridized carbons (Fsp3) is 0.250. The molecule has 29 heavy (non-hydrogen) atoms. The number of para-hydroxylation sites is 1. The van der Waals surface area contributed by atoms with Gasteiger partial charge in [0.15, 0.2) is 6.04 Å². The van der Waals surface area contributed by atoms with Gasteiger partial charge in [-0.15, -0.1) is 22.0 Å². The summed E-state index contributed by atoms with van der Waals surface area (Å²) in [7, 11) is 0. The molecule has 3 rings (SSSR count). The van der Waals surface area contributed by atoms with Crippen molar-refractivity contribution >= 4 is 35.0 Å². The van der Waals surface area contributed by atoms with Crippen LogP contribution in [0, 0.1) is 11.3 Å². The highest BCUT2D eigenvalue weighted by atomic mass is 35.5. The second kappa shape index (κ2) is 10.0. The highest BCUT2D eigenvalue weighted by Crippen LogP contribution is 2.28. The van der Waals surface area contributed by atoms with E-state index < -0.39 is 6.04 Å². The lowest BCUT2D eigenvalue weighted by atomic mass is 10.2. The molecule has 0 bridgehead atoms. The van der Waals surface area contributed by atoms with Crippen LogP contribution in [-0.4, -0.2) is 31.9 Å². The van der Waals surface area contributed by atoms with E-state index in [0.717, 1.165) is 10.5 Å². The predicted octanol–water partition coefficient (Wildman–Crippen LogP) is 4.59. The molecule has 2 aromatic carbocycles. The van der Waals surface area contributed by atoms with Crippen LogP contribution in [0.2, 0.25) is 5.02 Å². The molecule has 0 aliphatic heterocycles. The molecule has 7 nitrogen and oxygen atoms in total. The van der Waals surface area contributed by atoms with Crippen molar-refractivity contribution in [3.63, 3.8) is 0 Å². The first-order chi connectivity index (χ1) is 14.1. The molecule has 0 saturated carbocycles. The van der Waals surface area contributed by atoms with Gasteiger partial charge < -0.3 is 5.32 Å². The van der Waals surface area contributed by atoms with Gasteiger partial charge in [-0.1, -0.05) is 30.7 Å². The molecular weight excluding hydrogens is 408 g/mol. The number of thioether (sulfide) groups is 1. The zero-order valence-corrected chi connectivity index (χ0v) is 17.3. The second-order valence-electron chi connectivity index (χ2n) is 6.11. The molecule has 0 radical (unpaired) electrons. The van der Waals surface area contributed by atoms with Gasteiger partial charge >= 0.3 is 0 Å². The van der Waals surface area contributed by atoms with Crippen molar-refractivity contribution in [2.45, 2.75) is 30.7 Å². The minimum absolute atomic E-state index is 0.221. The van der Waals surface area contributed by atoms with Crippen LogP contribution in [0.25, 0.3) is 11.4 Å². The maximum atomic E-state index is 12.9. The Kier molecular flexibility index (Phi) is 7.22. The van der Waals surface area contributed by atoms with Gasteiger partial charge in [-0.05, 0) is 48.0 Å².